The molecule has 1 N–H and O–H groups in total. The molecule has 0 bridgehead atoms. The average molecular weight is 366 g/mol. The number of benzene rings is 1. The SMILES string of the molecule is Cc1c(C(=O)N(C)CC(O)CN2CCOCC2)sc2ccc(F)cc12. The first kappa shape index (κ1) is 18.3. The highest BCUT2D eigenvalue weighted by Crippen LogP contribution is 2.32. The van der Waals surface area contributed by atoms with Gasteiger partial charge in [-0.3, -0.25) is 9.69 Å². The van der Waals surface area contributed by atoms with Crippen molar-refractivity contribution in [3.05, 3.63) is 34.5 Å². The number of likely N-dealkylation sites (N-methyl/N-ethyl adjacent to an activating group) is 1. The second kappa shape index (κ2) is 7.78. The number of β-amino-alcohol motifs (C(OH)–C–C–N with tert-alkyl or cyclic N) is 1. The van der Waals surface area contributed by atoms with Gasteiger partial charge in [0.1, 0.15) is 5.82 Å². The lowest BCUT2D eigenvalue weighted by atomic mass is 10.1. The Bertz CT molecular complexity index is 758. The number of ether oxygens (including phenoxy) is 1. The van der Waals surface area contributed by atoms with Crippen LogP contribution in [0.3, 0.4) is 0 Å². The molecule has 1 aromatic carbocycles. The Morgan fingerprint density at radius 1 is 1.44 bits per heavy atom. The molecule has 7 heteroatoms. The molecule has 136 valence electrons. The average Bonchev–Trinajstić information content (AvgIpc) is 2.91. The molecule has 0 radical (unpaired) electrons. The monoisotopic (exact) mass is 366 g/mol. The maximum Gasteiger partial charge on any atom is 0.264 e. The van der Waals surface area contributed by atoms with Crippen LogP contribution in [-0.4, -0.2) is 73.4 Å². The molecule has 1 aliphatic heterocycles. The highest BCUT2D eigenvalue weighted by Gasteiger charge is 2.22. The number of rotatable bonds is 5. The van der Waals surface area contributed by atoms with Gasteiger partial charge in [-0.15, -0.1) is 11.3 Å². The van der Waals surface area contributed by atoms with Crippen molar-refractivity contribution in [2.24, 2.45) is 0 Å². The van der Waals surface area contributed by atoms with Gasteiger partial charge in [-0.1, -0.05) is 0 Å². The first-order valence-corrected chi connectivity index (χ1v) is 9.19. The number of carbonyl (C=O) groups excluding carboxylic acids is 1. The molecule has 1 fully saturated rings. The van der Waals surface area contributed by atoms with Crippen molar-refractivity contribution in [3.63, 3.8) is 0 Å². The van der Waals surface area contributed by atoms with Crippen molar-refractivity contribution >= 4 is 27.3 Å². The van der Waals surface area contributed by atoms with Gasteiger partial charge in [-0.05, 0) is 36.1 Å². The van der Waals surface area contributed by atoms with Gasteiger partial charge in [0.25, 0.3) is 5.91 Å². The highest BCUT2D eigenvalue weighted by atomic mass is 32.1. The van der Waals surface area contributed by atoms with Crippen LogP contribution in [0.5, 0.6) is 0 Å². The number of aryl methyl sites for hydroxylation is 1. The summed E-state index contributed by atoms with van der Waals surface area (Å²) in [5.41, 5.74) is 0.791. The molecule has 0 aliphatic carbocycles. The Hall–Kier alpha value is -1.54. The van der Waals surface area contributed by atoms with Gasteiger partial charge in [-0.2, -0.15) is 0 Å². The Labute approximate surface area is 150 Å². The fourth-order valence-electron chi connectivity index (χ4n) is 3.11. The number of aliphatic hydroxyl groups excluding tert-OH is 1. The Balaban J connectivity index is 1.66. The van der Waals surface area contributed by atoms with Crippen molar-refractivity contribution in [2.75, 3.05) is 46.4 Å². The van der Waals surface area contributed by atoms with Crippen LogP contribution in [0.1, 0.15) is 15.2 Å². The second-order valence-electron chi connectivity index (χ2n) is 6.45. The molecule has 2 heterocycles. The van der Waals surface area contributed by atoms with Crippen LogP contribution in [0, 0.1) is 12.7 Å². The molecule has 0 saturated carbocycles. The smallest absolute Gasteiger partial charge is 0.264 e. The van der Waals surface area contributed by atoms with Crippen LogP contribution in [0.4, 0.5) is 4.39 Å². The van der Waals surface area contributed by atoms with E-state index in [1.165, 1.54) is 23.5 Å². The van der Waals surface area contributed by atoms with E-state index in [9.17, 15) is 14.3 Å². The van der Waals surface area contributed by atoms with Crippen LogP contribution in [-0.2, 0) is 4.74 Å². The number of morpholine rings is 1. The standard InChI is InChI=1S/C18H23FN2O3S/c1-12-15-9-13(19)3-4-16(15)25-17(12)18(23)20(2)10-14(22)11-21-5-7-24-8-6-21/h3-4,9,14,22H,5-8,10-11H2,1-2H3. The van der Waals surface area contributed by atoms with Crippen molar-refractivity contribution in [2.45, 2.75) is 13.0 Å². The van der Waals surface area contributed by atoms with Crippen LogP contribution in [0.15, 0.2) is 18.2 Å². The molecule has 1 atom stereocenters. The minimum absolute atomic E-state index is 0.139. The molecule has 5 nitrogen and oxygen atoms in total. The molecule has 1 amide bonds. The van der Waals surface area contributed by atoms with E-state index in [-0.39, 0.29) is 18.3 Å². The number of nitrogens with zero attached hydrogens (tertiary/aromatic N) is 2. The van der Waals surface area contributed by atoms with E-state index < -0.39 is 6.10 Å². The summed E-state index contributed by atoms with van der Waals surface area (Å²) in [5.74, 6) is -0.443. The van der Waals surface area contributed by atoms with Gasteiger partial charge in [0, 0.05) is 37.9 Å². The van der Waals surface area contributed by atoms with E-state index in [2.05, 4.69) is 4.90 Å². The molecule has 3 rings (SSSR count). The van der Waals surface area contributed by atoms with E-state index in [1.54, 1.807) is 18.0 Å². The quantitative estimate of drug-likeness (QED) is 0.881. The van der Waals surface area contributed by atoms with Crippen molar-refractivity contribution in [3.8, 4) is 0 Å². The zero-order valence-electron chi connectivity index (χ0n) is 14.5. The molecule has 0 spiro atoms. The maximum atomic E-state index is 13.4. The number of hydrogen-bond donors (Lipinski definition) is 1. The van der Waals surface area contributed by atoms with E-state index in [0.29, 0.717) is 24.6 Å². The predicted octanol–water partition coefficient (Wildman–Crippen LogP) is 2.11. The molecule has 25 heavy (non-hydrogen) atoms. The van der Waals surface area contributed by atoms with E-state index in [4.69, 9.17) is 4.74 Å². The van der Waals surface area contributed by atoms with Crippen LogP contribution in [0.25, 0.3) is 10.1 Å². The minimum Gasteiger partial charge on any atom is -0.390 e. The second-order valence-corrected chi connectivity index (χ2v) is 7.50. The number of hydrogen-bond acceptors (Lipinski definition) is 5. The lowest BCUT2D eigenvalue weighted by molar-refractivity contribution is 0.00882. The van der Waals surface area contributed by atoms with Gasteiger partial charge in [-0.25, -0.2) is 4.39 Å². The summed E-state index contributed by atoms with van der Waals surface area (Å²) in [5, 5.41) is 11.1. The normalized spacial score (nSPS) is 17.0. The minimum atomic E-state index is -0.612. The number of thiophene rings is 1. The van der Waals surface area contributed by atoms with Crippen molar-refractivity contribution in [1.29, 1.82) is 0 Å². The van der Waals surface area contributed by atoms with E-state index in [1.807, 2.05) is 6.92 Å². The molecule has 1 unspecified atom stereocenters. The first-order chi connectivity index (χ1) is 12.0. The fourth-order valence-corrected chi connectivity index (χ4v) is 4.29. The van der Waals surface area contributed by atoms with Crippen molar-refractivity contribution < 1.29 is 19.0 Å². The lowest BCUT2D eigenvalue weighted by Crippen LogP contribution is -2.45. The van der Waals surface area contributed by atoms with Gasteiger partial charge in [0.2, 0.25) is 0 Å². The van der Waals surface area contributed by atoms with Gasteiger partial charge in [0.05, 0.1) is 24.2 Å². The molecule has 2 aromatic rings. The maximum absolute atomic E-state index is 13.4. The summed E-state index contributed by atoms with van der Waals surface area (Å²) in [4.78, 5) is 17.0. The number of fused-ring (bicyclic) bond motifs is 1. The summed E-state index contributed by atoms with van der Waals surface area (Å²) in [6.45, 7) is 5.59. The summed E-state index contributed by atoms with van der Waals surface area (Å²) in [6, 6.07) is 4.57. The van der Waals surface area contributed by atoms with Crippen LogP contribution >= 0.6 is 11.3 Å². The third kappa shape index (κ3) is 4.17. The van der Waals surface area contributed by atoms with E-state index >= 15 is 0 Å². The molecule has 1 saturated heterocycles. The van der Waals surface area contributed by atoms with Gasteiger partial charge < -0.3 is 14.7 Å². The van der Waals surface area contributed by atoms with Gasteiger partial charge in [0.15, 0.2) is 0 Å². The van der Waals surface area contributed by atoms with Crippen LogP contribution in [0.2, 0.25) is 0 Å². The molecule has 1 aliphatic rings. The number of aliphatic hydroxyl groups is 1. The Morgan fingerprint density at radius 3 is 2.88 bits per heavy atom. The fraction of sp³-hybridized carbons (Fsp3) is 0.500. The van der Waals surface area contributed by atoms with E-state index in [0.717, 1.165) is 28.7 Å². The van der Waals surface area contributed by atoms with Crippen molar-refractivity contribution in [1.82, 2.24) is 9.80 Å². The van der Waals surface area contributed by atoms with Crippen LogP contribution < -0.4 is 0 Å². The highest BCUT2D eigenvalue weighted by molar-refractivity contribution is 7.21. The predicted molar refractivity (Wildman–Crippen MR) is 96.7 cm³/mol. The number of amides is 1. The Morgan fingerprint density at radius 2 is 2.16 bits per heavy atom. The third-order valence-electron chi connectivity index (χ3n) is 4.50. The summed E-state index contributed by atoms with van der Waals surface area (Å²) >= 11 is 1.37. The lowest BCUT2D eigenvalue weighted by Gasteiger charge is -2.30. The molecular formula is C18H23FN2O3S. The number of carbonyl (C=O) groups is 1. The summed E-state index contributed by atoms with van der Waals surface area (Å²) in [6.07, 6.45) is -0.612. The zero-order valence-corrected chi connectivity index (χ0v) is 15.3. The number of halogens is 1. The first-order valence-electron chi connectivity index (χ1n) is 8.38. The third-order valence-corrected chi connectivity index (χ3v) is 5.76. The topological polar surface area (TPSA) is 53.0 Å². The molecule has 1 aromatic heterocycles. The molecular weight excluding hydrogens is 343 g/mol. The summed E-state index contributed by atoms with van der Waals surface area (Å²) in [7, 11) is 1.69. The largest absolute Gasteiger partial charge is 0.390 e. The summed E-state index contributed by atoms with van der Waals surface area (Å²) < 4.78 is 19.6. The Kier molecular flexibility index (Phi) is 5.68. The zero-order chi connectivity index (χ0) is 18.0. The van der Waals surface area contributed by atoms with Gasteiger partial charge >= 0.3 is 0 Å².